The predicted molar refractivity (Wildman–Crippen MR) is 172 cm³/mol. The van der Waals surface area contributed by atoms with E-state index in [0.29, 0.717) is 6.42 Å². The molecule has 0 aromatic heterocycles. The lowest BCUT2D eigenvalue weighted by atomic mass is 10.0. The Morgan fingerprint density at radius 1 is 0.674 bits per heavy atom. The lowest BCUT2D eigenvalue weighted by Gasteiger charge is -2.26. The molecule has 0 heterocycles. The van der Waals surface area contributed by atoms with Crippen molar-refractivity contribution in [3.63, 3.8) is 0 Å². The number of rotatable bonds is 20. The van der Waals surface area contributed by atoms with Crippen LogP contribution < -0.4 is 5.32 Å². The van der Waals surface area contributed by atoms with Crippen molar-refractivity contribution in [2.75, 3.05) is 7.11 Å². The molecule has 43 heavy (non-hydrogen) atoms. The van der Waals surface area contributed by atoms with Crippen LogP contribution in [0.1, 0.15) is 92.9 Å². The minimum Gasteiger partial charge on any atom is -0.468 e. The highest BCUT2D eigenvalue weighted by Crippen LogP contribution is 2.18. The molecule has 0 spiro atoms. The zero-order chi connectivity index (χ0) is 32.5. The van der Waals surface area contributed by atoms with Crippen molar-refractivity contribution >= 4 is 23.8 Å². The molecule has 0 bridgehead atoms. The van der Waals surface area contributed by atoms with E-state index in [9.17, 15) is 19.2 Å². The third kappa shape index (κ3) is 21.7. The second-order valence-corrected chi connectivity index (χ2v) is 10.9. The standard InChI is InChI=1S/C35H53NO7/c1-8-9-10-11-12-13-14-15-16-17-18-19-20-21-22-23-24-25-26-27-30(37)36-28(2)32(38)42-29(3)31(33(39)41-7)34(40)43-35(4,5)6/h9-10,12-13,15-16,18-19,21-22,24-25,28-29,31H,8,11,14,17,20,23,26-27H2,1-7H3,(H,36,37)/t28-,29-,31-/m0/s1. The molecule has 8 heteroatoms. The van der Waals surface area contributed by atoms with Gasteiger partial charge >= 0.3 is 17.9 Å². The number of hydrogen-bond acceptors (Lipinski definition) is 7. The van der Waals surface area contributed by atoms with Gasteiger partial charge in [0.1, 0.15) is 17.7 Å². The predicted octanol–water partition coefficient (Wildman–Crippen LogP) is 7.03. The summed E-state index contributed by atoms with van der Waals surface area (Å²) in [4.78, 5) is 49.4. The minimum atomic E-state index is -1.44. The molecule has 1 amide bonds. The SMILES string of the molecule is CCC=CCC=CCC=CCC=CCC=CCC=CCCC(=O)N[C@@H](C)C(=O)O[C@@H](C)[C@@H](C(=O)OC)C(=O)OC(C)(C)C. The lowest BCUT2D eigenvalue weighted by Crippen LogP contribution is -2.45. The van der Waals surface area contributed by atoms with E-state index in [4.69, 9.17) is 9.47 Å². The largest absolute Gasteiger partial charge is 0.468 e. The van der Waals surface area contributed by atoms with E-state index in [2.05, 4.69) is 77.7 Å². The van der Waals surface area contributed by atoms with Crippen LogP contribution in [0.15, 0.2) is 72.9 Å². The fourth-order valence-electron chi connectivity index (χ4n) is 3.55. The molecule has 1 N–H and O–H groups in total. The van der Waals surface area contributed by atoms with E-state index in [1.807, 2.05) is 12.2 Å². The quantitative estimate of drug-likeness (QED) is 0.0693. The van der Waals surface area contributed by atoms with Crippen LogP contribution in [0.2, 0.25) is 0 Å². The molecule has 240 valence electrons. The summed E-state index contributed by atoms with van der Waals surface area (Å²) in [5.41, 5.74) is -0.836. The normalized spacial score (nSPS) is 14.7. The zero-order valence-electron chi connectivity index (χ0n) is 27.2. The Bertz CT molecular complexity index is 1010. The highest BCUT2D eigenvalue weighted by Gasteiger charge is 2.39. The van der Waals surface area contributed by atoms with Crippen LogP contribution in [0.4, 0.5) is 0 Å². The van der Waals surface area contributed by atoms with Gasteiger partial charge in [-0.05, 0) is 79.6 Å². The maximum atomic E-state index is 12.5. The molecule has 0 fully saturated rings. The van der Waals surface area contributed by atoms with Crippen molar-refractivity contribution in [3.8, 4) is 0 Å². The molecule has 0 rings (SSSR count). The van der Waals surface area contributed by atoms with Crippen molar-refractivity contribution in [2.45, 2.75) is 111 Å². The summed E-state index contributed by atoms with van der Waals surface area (Å²) < 4.78 is 15.2. The van der Waals surface area contributed by atoms with E-state index in [1.54, 1.807) is 20.8 Å². The van der Waals surface area contributed by atoms with Crippen LogP contribution in [0, 0.1) is 5.92 Å². The zero-order valence-corrected chi connectivity index (χ0v) is 27.2. The number of carbonyl (C=O) groups is 4. The maximum Gasteiger partial charge on any atom is 0.328 e. The van der Waals surface area contributed by atoms with Gasteiger partial charge < -0.3 is 19.5 Å². The Morgan fingerprint density at radius 2 is 1.12 bits per heavy atom. The number of hydrogen-bond donors (Lipinski definition) is 1. The van der Waals surface area contributed by atoms with Gasteiger partial charge in [0.05, 0.1) is 7.11 Å². The number of ether oxygens (including phenoxy) is 3. The topological polar surface area (TPSA) is 108 Å². The second kappa shape index (κ2) is 23.8. The number of methoxy groups -OCH3 is 1. The van der Waals surface area contributed by atoms with Gasteiger partial charge in [-0.2, -0.15) is 0 Å². The summed E-state index contributed by atoms with van der Waals surface area (Å²) in [7, 11) is 1.13. The number of allylic oxidation sites excluding steroid dienone is 12. The molecule has 8 nitrogen and oxygen atoms in total. The minimum absolute atomic E-state index is 0.206. The third-order valence-electron chi connectivity index (χ3n) is 5.75. The van der Waals surface area contributed by atoms with E-state index < -0.39 is 41.6 Å². The summed E-state index contributed by atoms with van der Waals surface area (Å²) in [6.45, 7) is 10.00. The molecular weight excluding hydrogens is 546 g/mol. The second-order valence-electron chi connectivity index (χ2n) is 10.9. The molecule has 0 saturated heterocycles. The molecule has 0 aliphatic heterocycles. The first-order chi connectivity index (χ1) is 20.4. The van der Waals surface area contributed by atoms with E-state index in [1.165, 1.54) is 13.8 Å². The molecule has 0 radical (unpaired) electrons. The highest BCUT2D eigenvalue weighted by molar-refractivity contribution is 5.96. The van der Waals surface area contributed by atoms with Crippen molar-refractivity contribution in [1.29, 1.82) is 0 Å². The van der Waals surface area contributed by atoms with Crippen molar-refractivity contribution < 1.29 is 33.4 Å². The summed E-state index contributed by atoms with van der Waals surface area (Å²) >= 11 is 0. The van der Waals surface area contributed by atoms with Crippen LogP contribution in [0.5, 0.6) is 0 Å². The number of amides is 1. The Balaban J connectivity index is 4.28. The average molecular weight is 600 g/mol. The fourth-order valence-corrected chi connectivity index (χ4v) is 3.55. The molecule has 0 aromatic rings. The van der Waals surface area contributed by atoms with Gasteiger partial charge in [0.15, 0.2) is 5.92 Å². The van der Waals surface area contributed by atoms with Gasteiger partial charge in [-0.15, -0.1) is 0 Å². The Morgan fingerprint density at radius 3 is 1.53 bits per heavy atom. The van der Waals surface area contributed by atoms with Crippen LogP contribution in [0.3, 0.4) is 0 Å². The van der Waals surface area contributed by atoms with Gasteiger partial charge in [0.25, 0.3) is 0 Å². The smallest absolute Gasteiger partial charge is 0.328 e. The third-order valence-corrected chi connectivity index (χ3v) is 5.75. The molecule has 0 aromatic carbocycles. The molecule has 0 saturated carbocycles. The van der Waals surface area contributed by atoms with Crippen LogP contribution in [0.25, 0.3) is 0 Å². The monoisotopic (exact) mass is 599 g/mol. The molecule has 3 atom stereocenters. The molecular formula is C35H53NO7. The van der Waals surface area contributed by atoms with Gasteiger partial charge in [0.2, 0.25) is 5.91 Å². The van der Waals surface area contributed by atoms with Gasteiger partial charge in [0, 0.05) is 6.42 Å². The van der Waals surface area contributed by atoms with Gasteiger partial charge in [-0.3, -0.25) is 14.4 Å². The van der Waals surface area contributed by atoms with Gasteiger partial charge in [-0.25, -0.2) is 4.79 Å². The average Bonchev–Trinajstić information content (AvgIpc) is 2.93. The first-order valence-electron chi connectivity index (χ1n) is 15.1. The van der Waals surface area contributed by atoms with Crippen LogP contribution in [-0.2, 0) is 33.4 Å². The molecule has 0 unspecified atom stereocenters. The van der Waals surface area contributed by atoms with Crippen molar-refractivity contribution in [2.24, 2.45) is 5.92 Å². The van der Waals surface area contributed by atoms with E-state index in [0.717, 1.165) is 45.6 Å². The summed E-state index contributed by atoms with van der Waals surface area (Å²) in [5.74, 6) is -4.25. The van der Waals surface area contributed by atoms with Crippen LogP contribution >= 0.6 is 0 Å². The Labute approximate surface area is 259 Å². The van der Waals surface area contributed by atoms with E-state index in [-0.39, 0.29) is 12.3 Å². The fraction of sp³-hybridized carbons (Fsp3) is 0.543. The van der Waals surface area contributed by atoms with Gasteiger partial charge in [-0.1, -0.05) is 79.8 Å². The molecule has 0 aliphatic rings. The Kier molecular flexibility index (Phi) is 21.8. The number of nitrogens with one attached hydrogen (secondary N) is 1. The Hall–Kier alpha value is -3.68. The number of carbonyl (C=O) groups excluding carboxylic acids is 4. The highest BCUT2D eigenvalue weighted by atomic mass is 16.6. The summed E-state index contributed by atoms with van der Waals surface area (Å²) in [6.07, 6.45) is 30.7. The number of esters is 3. The van der Waals surface area contributed by atoms with Crippen LogP contribution in [-0.4, -0.2) is 48.7 Å². The van der Waals surface area contributed by atoms with E-state index >= 15 is 0 Å². The lowest BCUT2D eigenvalue weighted by molar-refractivity contribution is -0.177. The summed E-state index contributed by atoms with van der Waals surface area (Å²) in [5, 5.41) is 2.58. The molecule has 0 aliphatic carbocycles. The van der Waals surface area contributed by atoms with Crippen molar-refractivity contribution in [1.82, 2.24) is 5.32 Å². The van der Waals surface area contributed by atoms with Crippen molar-refractivity contribution in [3.05, 3.63) is 72.9 Å². The first kappa shape index (κ1) is 39.3. The first-order valence-corrected chi connectivity index (χ1v) is 15.1. The maximum absolute atomic E-state index is 12.5. The summed E-state index contributed by atoms with van der Waals surface area (Å²) in [6, 6.07) is -0.961.